The molecule has 3 aromatic rings. The first-order valence-electron chi connectivity index (χ1n) is 8.00. The molecule has 0 bridgehead atoms. The minimum atomic E-state index is -1.63. The van der Waals surface area contributed by atoms with Crippen molar-refractivity contribution in [3.05, 3.63) is 87.1 Å². The molecule has 0 atom stereocenters. The first-order valence-corrected chi connectivity index (χ1v) is 8.88. The predicted octanol–water partition coefficient (Wildman–Crippen LogP) is 4.36. The van der Waals surface area contributed by atoms with E-state index < -0.39 is 41.6 Å². The SMILES string of the molecule is N/C(=N\OC(=O)c1ccc(COc2c(F)c(F)cc(F)c2F)cc1)c1cccs1. The number of carbonyl (C=O) groups is 1. The molecule has 3 rings (SSSR count). The average molecular weight is 424 g/mol. The summed E-state index contributed by atoms with van der Waals surface area (Å²) in [5, 5.41) is 5.34. The van der Waals surface area contributed by atoms with Gasteiger partial charge in [-0.3, -0.25) is 0 Å². The van der Waals surface area contributed by atoms with Gasteiger partial charge in [0.15, 0.2) is 23.2 Å². The lowest BCUT2D eigenvalue weighted by molar-refractivity contribution is 0.0516. The van der Waals surface area contributed by atoms with Crippen LogP contribution in [-0.4, -0.2) is 11.8 Å². The Morgan fingerprint density at radius 3 is 2.28 bits per heavy atom. The predicted molar refractivity (Wildman–Crippen MR) is 97.5 cm³/mol. The topological polar surface area (TPSA) is 73.9 Å². The quantitative estimate of drug-likeness (QED) is 0.159. The van der Waals surface area contributed by atoms with Gasteiger partial charge in [-0.15, -0.1) is 11.3 Å². The maximum Gasteiger partial charge on any atom is 0.365 e. The Kier molecular flexibility index (Phi) is 6.13. The highest BCUT2D eigenvalue weighted by Crippen LogP contribution is 2.27. The number of nitrogens with two attached hydrogens (primary N) is 1. The first kappa shape index (κ1) is 20.3. The molecule has 29 heavy (non-hydrogen) atoms. The fraction of sp³-hybridized carbons (Fsp3) is 0.0526. The summed E-state index contributed by atoms with van der Waals surface area (Å²) >= 11 is 1.33. The first-order chi connectivity index (χ1) is 13.9. The van der Waals surface area contributed by atoms with Crippen LogP contribution in [0.3, 0.4) is 0 Å². The van der Waals surface area contributed by atoms with Gasteiger partial charge >= 0.3 is 5.97 Å². The number of oxime groups is 1. The van der Waals surface area contributed by atoms with Crippen LogP contribution in [0.5, 0.6) is 5.75 Å². The lowest BCUT2D eigenvalue weighted by Crippen LogP contribution is -2.13. The van der Waals surface area contributed by atoms with Crippen molar-refractivity contribution < 1.29 is 31.9 Å². The minimum absolute atomic E-state index is 0.0461. The zero-order chi connectivity index (χ0) is 21.0. The number of hydrogen-bond donors (Lipinski definition) is 1. The molecule has 0 amide bonds. The second-order valence-electron chi connectivity index (χ2n) is 5.62. The third kappa shape index (κ3) is 4.72. The summed E-state index contributed by atoms with van der Waals surface area (Å²) < 4.78 is 58.4. The van der Waals surface area contributed by atoms with Crippen LogP contribution in [0.2, 0.25) is 0 Å². The van der Waals surface area contributed by atoms with Crippen molar-refractivity contribution in [1.82, 2.24) is 0 Å². The number of rotatable bonds is 6. The fourth-order valence-electron chi connectivity index (χ4n) is 2.18. The molecule has 1 heterocycles. The number of halogens is 4. The Labute approximate surface area is 166 Å². The Bertz CT molecular complexity index is 1030. The maximum atomic E-state index is 13.6. The summed E-state index contributed by atoms with van der Waals surface area (Å²) in [6, 6.07) is 9.10. The molecule has 0 saturated carbocycles. The van der Waals surface area contributed by atoms with Crippen molar-refractivity contribution in [3.63, 3.8) is 0 Å². The van der Waals surface area contributed by atoms with Gasteiger partial charge in [0.2, 0.25) is 11.6 Å². The number of carbonyl (C=O) groups excluding carboxylic acids is 1. The molecule has 150 valence electrons. The Morgan fingerprint density at radius 2 is 1.69 bits per heavy atom. The maximum absolute atomic E-state index is 13.6. The molecule has 0 spiro atoms. The molecule has 0 aliphatic rings. The van der Waals surface area contributed by atoms with Gasteiger partial charge in [-0.2, -0.15) is 8.78 Å². The van der Waals surface area contributed by atoms with Crippen LogP contribution in [0.4, 0.5) is 17.6 Å². The molecule has 2 N–H and O–H groups in total. The molecule has 0 radical (unpaired) electrons. The Balaban J connectivity index is 1.63. The van der Waals surface area contributed by atoms with Crippen molar-refractivity contribution in [1.29, 1.82) is 0 Å². The van der Waals surface area contributed by atoms with Gasteiger partial charge in [0.1, 0.15) is 6.61 Å². The van der Waals surface area contributed by atoms with Crippen LogP contribution in [0, 0.1) is 23.3 Å². The van der Waals surface area contributed by atoms with Crippen LogP contribution in [0.1, 0.15) is 20.8 Å². The zero-order valence-corrected chi connectivity index (χ0v) is 15.3. The molecule has 2 aromatic carbocycles. The van der Waals surface area contributed by atoms with Gasteiger partial charge in [0.05, 0.1) is 10.4 Å². The molecule has 0 aliphatic heterocycles. The van der Waals surface area contributed by atoms with E-state index >= 15 is 0 Å². The number of ether oxygens (including phenoxy) is 1. The van der Waals surface area contributed by atoms with Crippen molar-refractivity contribution in [3.8, 4) is 5.75 Å². The average Bonchev–Trinajstić information content (AvgIpc) is 3.26. The molecule has 0 unspecified atom stereocenters. The number of amidine groups is 1. The molecule has 10 heteroatoms. The van der Waals surface area contributed by atoms with E-state index in [2.05, 4.69) is 5.16 Å². The second kappa shape index (κ2) is 8.74. The largest absolute Gasteiger partial charge is 0.483 e. The van der Waals surface area contributed by atoms with E-state index in [0.717, 1.165) is 0 Å². The van der Waals surface area contributed by atoms with Crippen LogP contribution >= 0.6 is 11.3 Å². The Hall–Kier alpha value is -3.40. The molecular formula is C19H12F4N2O3S. The molecule has 0 saturated heterocycles. The summed E-state index contributed by atoms with van der Waals surface area (Å²) in [7, 11) is 0. The molecule has 0 fully saturated rings. The third-order valence-electron chi connectivity index (χ3n) is 3.64. The second-order valence-corrected chi connectivity index (χ2v) is 6.56. The Morgan fingerprint density at radius 1 is 1.03 bits per heavy atom. The molecular weight excluding hydrogens is 412 g/mol. The number of nitrogens with zero attached hydrogens (tertiary/aromatic N) is 1. The third-order valence-corrected chi connectivity index (χ3v) is 4.54. The van der Waals surface area contributed by atoms with E-state index in [4.69, 9.17) is 15.3 Å². The summed E-state index contributed by atoms with van der Waals surface area (Å²) in [6.45, 7) is -0.393. The minimum Gasteiger partial charge on any atom is -0.483 e. The zero-order valence-electron chi connectivity index (χ0n) is 14.5. The monoisotopic (exact) mass is 424 g/mol. The van der Waals surface area contributed by atoms with Crippen molar-refractivity contribution in [2.75, 3.05) is 0 Å². The van der Waals surface area contributed by atoms with E-state index in [9.17, 15) is 22.4 Å². The lowest BCUT2D eigenvalue weighted by atomic mass is 10.1. The van der Waals surface area contributed by atoms with Gasteiger partial charge in [-0.05, 0) is 29.1 Å². The van der Waals surface area contributed by atoms with Crippen LogP contribution in [-0.2, 0) is 11.4 Å². The highest BCUT2D eigenvalue weighted by molar-refractivity contribution is 7.12. The van der Waals surface area contributed by atoms with Crippen molar-refractivity contribution >= 4 is 23.1 Å². The number of benzene rings is 2. The van der Waals surface area contributed by atoms with E-state index in [-0.39, 0.29) is 17.5 Å². The lowest BCUT2D eigenvalue weighted by Gasteiger charge is -2.09. The van der Waals surface area contributed by atoms with Crippen LogP contribution < -0.4 is 10.5 Å². The van der Waals surface area contributed by atoms with Gasteiger partial charge < -0.3 is 15.3 Å². The van der Waals surface area contributed by atoms with Gasteiger partial charge in [-0.25, -0.2) is 13.6 Å². The summed E-state index contributed by atoms with van der Waals surface area (Å²) in [5.41, 5.74) is 6.19. The highest BCUT2D eigenvalue weighted by atomic mass is 32.1. The highest BCUT2D eigenvalue weighted by Gasteiger charge is 2.20. The molecule has 1 aromatic heterocycles. The summed E-state index contributed by atoms with van der Waals surface area (Å²) in [4.78, 5) is 17.4. The van der Waals surface area contributed by atoms with Crippen molar-refractivity contribution in [2.45, 2.75) is 6.61 Å². The fourth-order valence-corrected chi connectivity index (χ4v) is 2.80. The van der Waals surface area contributed by atoms with E-state index in [0.29, 0.717) is 10.4 Å². The van der Waals surface area contributed by atoms with E-state index in [1.165, 1.54) is 35.6 Å². The standard InChI is InChI=1S/C19H12F4N2O3S/c20-12-8-13(21)16(23)17(15(12)22)27-9-10-3-5-11(6-4-10)19(26)28-25-18(24)14-2-1-7-29-14/h1-8H,9H2,(H2,24,25). The van der Waals surface area contributed by atoms with Gasteiger partial charge in [0, 0.05) is 6.07 Å². The van der Waals surface area contributed by atoms with Crippen LogP contribution in [0.25, 0.3) is 0 Å². The van der Waals surface area contributed by atoms with Gasteiger partial charge in [0.25, 0.3) is 0 Å². The molecule has 5 nitrogen and oxygen atoms in total. The van der Waals surface area contributed by atoms with E-state index in [1.807, 2.05) is 0 Å². The van der Waals surface area contributed by atoms with Crippen molar-refractivity contribution in [2.24, 2.45) is 10.9 Å². The smallest absolute Gasteiger partial charge is 0.365 e. The molecule has 0 aliphatic carbocycles. The summed E-state index contributed by atoms with van der Waals surface area (Å²) in [5.74, 6) is -8.30. The number of thiophene rings is 1. The van der Waals surface area contributed by atoms with Gasteiger partial charge in [-0.1, -0.05) is 23.4 Å². The number of hydrogen-bond acceptors (Lipinski definition) is 5. The summed E-state index contributed by atoms with van der Waals surface area (Å²) in [6.07, 6.45) is 0. The van der Waals surface area contributed by atoms with E-state index in [1.54, 1.807) is 17.5 Å². The van der Waals surface area contributed by atoms with Crippen LogP contribution in [0.15, 0.2) is 53.0 Å². The normalized spacial score (nSPS) is 11.4.